The van der Waals surface area contributed by atoms with Crippen molar-refractivity contribution in [2.45, 2.75) is 20.3 Å². The first-order valence-electron chi connectivity index (χ1n) is 10.4. The van der Waals surface area contributed by atoms with Gasteiger partial charge in [-0.2, -0.15) is 0 Å². The molecule has 0 atom stereocenters. The van der Waals surface area contributed by atoms with Crippen LogP contribution in [-0.2, 0) is 11.2 Å². The fraction of sp³-hybridized carbons (Fsp3) is 0.304. The molecule has 0 unspecified atom stereocenters. The molecule has 4 rings (SSSR count). The van der Waals surface area contributed by atoms with Crippen LogP contribution < -0.4 is 15.5 Å². The summed E-state index contributed by atoms with van der Waals surface area (Å²) in [6.45, 7) is 7.34. The summed E-state index contributed by atoms with van der Waals surface area (Å²) >= 11 is 5.38. The second kappa shape index (κ2) is 9.80. The lowest BCUT2D eigenvalue weighted by Gasteiger charge is -2.29. The molecule has 2 N–H and O–H groups in total. The van der Waals surface area contributed by atoms with Crippen molar-refractivity contribution in [3.8, 4) is 11.4 Å². The second-order valence-corrected chi connectivity index (χ2v) is 7.68. The molecule has 0 saturated carbocycles. The van der Waals surface area contributed by atoms with E-state index in [0.29, 0.717) is 16.8 Å². The van der Waals surface area contributed by atoms with E-state index in [0.717, 1.165) is 61.1 Å². The van der Waals surface area contributed by atoms with Crippen molar-refractivity contribution in [3.05, 3.63) is 59.9 Å². The van der Waals surface area contributed by atoms with Gasteiger partial charge in [0.2, 0.25) is 0 Å². The smallest absolute Gasteiger partial charge is 0.176 e. The first-order chi connectivity index (χ1) is 15.1. The van der Waals surface area contributed by atoms with Crippen molar-refractivity contribution in [3.63, 3.8) is 0 Å². The van der Waals surface area contributed by atoms with Crippen LogP contribution in [-0.4, -0.2) is 46.4 Å². The van der Waals surface area contributed by atoms with Crippen LogP contribution in [0.4, 0.5) is 17.3 Å². The topological polar surface area (TPSA) is 75.2 Å². The Kier molecular flexibility index (Phi) is 6.69. The number of pyridine rings is 1. The number of aryl methyl sites for hydroxylation is 1. The van der Waals surface area contributed by atoms with E-state index in [4.69, 9.17) is 26.9 Å². The molecule has 0 bridgehead atoms. The molecule has 1 fully saturated rings. The average molecular weight is 435 g/mol. The second-order valence-electron chi connectivity index (χ2n) is 7.27. The number of para-hydroxylation sites is 1. The van der Waals surface area contributed by atoms with Gasteiger partial charge in [0.25, 0.3) is 0 Å². The molecule has 0 radical (unpaired) electrons. The van der Waals surface area contributed by atoms with Gasteiger partial charge in [0.1, 0.15) is 11.6 Å². The number of nitrogens with zero attached hydrogens (tertiary/aromatic N) is 4. The summed E-state index contributed by atoms with van der Waals surface area (Å²) in [4.78, 5) is 16.5. The number of benzene rings is 1. The number of morpholine rings is 1. The highest BCUT2D eigenvalue weighted by atomic mass is 32.1. The van der Waals surface area contributed by atoms with Crippen molar-refractivity contribution in [2.24, 2.45) is 0 Å². The van der Waals surface area contributed by atoms with Gasteiger partial charge in [0.15, 0.2) is 10.9 Å². The summed E-state index contributed by atoms with van der Waals surface area (Å²) in [5, 5.41) is 6.74. The molecule has 1 aliphatic rings. The summed E-state index contributed by atoms with van der Waals surface area (Å²) in [5.41, 5.74) is 3.99. The normalized spacial score (nSPS) is 13.7. The number of hydrogen-bond acceptors (Lipinski definition) is 6. The molecule has 7 nitrogen and oxygen atoms in total. The van der Waals surface area contributed by atoms with Crippen molar-refractivity contribution in [1.82, 2.24) is 15.0 Å². The van der Waals surface area contributed by atoms with Gasteiger partial charge in [0.05, 0.1) is 13.2 Å². The Labute approximate surface area is 187 Å². The van der Waals surface area contributed by atoms with Gasteiger partial charge in [-0.05, 0) is 49.8 Å². The molecule has 31 heavy (non-hydrogen) atoms. The van der Waals surface area contributed by atoms with E-state index < -0.39 is 0 Å². The van der Waals surface area contributed by atoms with Crippen LogP contribution in [0.15, 0.2) is 48.7 Å². The van der Waals surface area contributed by atoms with Crippen molar-refractivity contribution < 1.29 is 4.74 Å². The molecule has 0 amide bonds. The SMILES string of the molecule is CCc1nc(-c2ccc(NC(=S)Nc3ccccc3)nc2)nc(N2CCOCC2)c1C. The van der Waals surface area contributed by atoms with Crippen LogP contribution in [0.1, 0.15) is 18.2 Å². The molecule has 0 spiro atoms. The number of nitrogens with one attached hydrogen (secondary N) is 2. The van der Waals surface area contributed by atoms with Gasteiger partial charge in [0, 0.05) is 41.8 Å². The summed E-state index contributed by atoms with van der Waals surface area (Å²) in [7, 11) is 0. The lowest BCUT2D eigenvalue weighted by Crippen LogP contribution is -2.37. The van der Waals surface area contributed by atoms with Crippen LogP contribution in [0.25, 0.3) is 11.4 Å². The van der Waals surface area contributed by atoms with Gasteiger partial charge in [-0.25, -0.2) is 15.0 Å². The Morgan fingerprint density at radius 2 is 1.84 bits per heavy atom. The van der Waals surface area contributed by atoms with E-state index in [1.807, 2.05) is 42.5 Å². The zero-order valence-electron chi connectivity index (χ0n) is 17.8. The Bertz CT molecular complexity index is 1040. The van der Waals surface area contributed by atoms with E-state index in [9.17, 15) is 0 Å². The summed E-state index contributed by atoms with van der Waals surface area (Å²) in [5.74, 6) is 2.34. The average Bonchev–Trinajstić information content (AvgIpc) is 2.81. The minimum Gasteiger partial charge on any atom is -0.378 e. The molecule has 1 aliphatic heterocycles. The zero-order chi connectivity index (χ0) is 21.6. The van der Waals surface area contributed by atoms with Crippen LogP contribution in [0.3, 0.4) is 0 Å². The summed E-state index contributed by atoms with van der Waals surface area (Å²) < 4.78 is 5.50. The molecular formula is C23H26N6OS. The summed E-state index contributed by atoms with van der Waals surface area (Å²) in [6.07, 6.45) is 2.63. The van der Waals surface area contributed by atoms with Crippen LogP contribution in [0, 0.1) is 6.92 Å². The molecule has 1 saturated heterocycles. The number of rotatable bonds is 5. The third-order valence-electron chi connectivity index (χ3n) is 5.16. The fourth-order valence-electron chi connectivity index (χ4n) is 3.51. The Hall–Kier alpha value is -3.10. The van der Waals surface area contributed by atoms with Gasteiger partial charge in [-0.1, -0.05) is 25.1 Å². The molecule has 1 aromatic carbocycles. The molecule has 3 heterocycles. The van der Waals surface area contributed by atoms with Crippen LogP contribution >= 0.6 is 12.2 Å². The van der Waals surface area contributed by atoms with E-state index in [2.05, 4.69) is 34.4 Å². The number of hydrogen-bond donors (Lipinski definition) is 2. The molecule has 8 heteroatoms. The first kappa shape index (κ1) is 21.1. The van der Waals surface area contributed by atoms with Crippen molar-refractivity contribution in [2.75, 3.05) is 41.8 Å². The van der Waals surface area contributed by atoms with E-state index >= 15 is 0 Å². The van der Waals surface area contributed by atoms with Crippen molar-refractivity contribution >= 4 is 34.7 Å². The Balaban J connectivity index is 1.52. The number of aromatic nitrogens is 3. The van der Waals surface area contributed by atoms with E-state index in [1.165, 1.54) is 0 Å². The highest BCUT2D eigenvalue weighted by Gasteiger charge is 2.19. The van der Waals surface area contributed by atoms with Gasteiger partial charge in [-0.3, -0.25) is 0 Å². The maximum atomic E-state index is 5.50. The third kappa shape index (κ3) is 5.15. The van der Waals surface area contributed by atoms with Gasteiger partial charge >= 0.3 is 0 Å². The highest BCUT2D eigenvalue weighted by molar-refractivity contribution is 7.80. The highest BCUT2D eigenvalue weighted by Crippen LogP contribution is 2.26. The number of ether oxygens (including phenoxy) is 1. The number of thiocarbonyl (C=S) groups is 1. The minimum absolute atomic E-state index is 0.487. The van der Waals surface area contributed by atoms with Crippen LogP contribution in [0.5, 0.6) is 0 Å². The quantitative estimate of drug-likeness (QED) is 0.583. The maximum absolute atomic E-state index is 5.50. The molecule has 3 aromatic rings. The molecular weight excluding hydrogens is 408 g/mol. The maximum Gasteiger partial charge on any atom is 0.176 e. The summed E-state index contributed by atoms with van der Waals surface area (Å²) in [6, 6.07) is 13.6. The molecule has 2 aromatic heterocycles. The monoisotopic (exact) mass is 434 g/mol. The largest absolute Gasteiger partial charge is 0.378 e. The number of anilines is 3. The van der Waals surface area contributed by atoms with Crippen LogP contribution in [0.2, 0.25) is 0 Å². The molecule has 0 aliphatic carbocycles. The minimum atomic E-state index is 0.487. The first-order valence-corrected chi connectivity index (χ1v) is 10.8. The Morgan fingerprint density at radius 3 is 2.52 bits per heavy atom. The third-order valence-corrected chi connectivity index (χ3v) is 5.37. The van der Waals surface area contributed by atoms with Gasteiger partial charge in [-0.15, -0.1) is 0 Å². The van der Waals surface area contributed by atoms with Crippen molar-refractivity contribution in [1.29, 1.82) is 0 Å². The molecule has 160 valence electrons. The van der Waals surface area contributed by atoms with E-state index in [-0.39, 0.29) is 0 Å². The lowest BCUT2D eigenvalue weighted by molar-refractivity contribution is 0.122. The fourth-order valence-corrected chi connectivity index (χ4v) is 3.73. The van der Waals surface area contributed by atoms with Gasteiger partial charge < -0.3 is 20.3 Å². The zero-order valence-corrected chi connectivity index (χ0v) is 18.6. The Morgan fingerprint density at radius 1 is 1.06 bits per heavy atom. The lowest BCUT2D eigenvalue weighted by atomic mass is 10.1. The van der Waals surface area contributed by atoms with E-state index in [1.54, 1.807) is 6.20 Å². The predicted octanol–water partition coefficient (Wildman–Crippen LogP) is 4.05. The predicted molar refractivity (Wildman–Crippen MR) is 129 cm³/mol. The standard InChI is InChI=1S/C23H26N6OS/c1-3-19-16(2)22(29-11-13-30-14-12-29)28-21(26-19)17-9-10-20(24-15-17)27-23(31)25-18-7-5-4-6-8-18/h4-10,15H,3,11-14H2,1-2H3,(H2,24,25,27,31).